The lowest BCUT2D eigenvalue weighted by atomic mass is 9.98. The molecule has 0 bridgehead atoms. The molecule has 28 heavy (non-hydrogen) atoms. The third-order valence-electron chi connectivity index (χ3n) is 4.85. The molecule has 6 nitrogen and oxygen atoms in total. The number of anilines is 2. The van der Waals surface area contributed by atoms with Gasteiger partial charge in [-0.2, -0.15) is 0 Å². The van der Waals surface area contributed by atoms with E-state index in [4.69, 9.17) is 11.6 Å². The molecule has 0 saturated carbocycles. The lowest BCUT2D eigenvalue weighted by Crippen LogP contribution is -2.30. The van der Waals surface area contributed by atoms with Crippen LogP contribution in [0.1, 0.15) is 24.4 Å². The average Bonchev–Trinajstić information content (AvgIpc) is 2.68. The number of hydrogen-bond donors (Lipinski definition) is 4. The molecule has 2 heterocycles. The first-order chi connectivity index (χ1) is 13.6. The summed E-state index contributed by atoms with van der Waals surface area (Å²) in [5.74, 6) is 0.506. The Bertz CT molecular complexity index is 1050. The Balaban J connectivity index is 1.32. The minimum Gasteiger partial charge on any atom is -0.383 e. The Morgan fingerprint density at radius 1 is 1.25 bits per heavy atom. The van der Waals surface area contributed by atoms with Gasteiger partial charge in [0.05, 0.1) is 21.6 Å². The van der Waals surface area contributed by atoms with E-state index in [0.717, 1.165) is 41.1 Å². The number of hydrogen-bond acceptors (Lipinski definition) is 5. The monoisotopic (exact) mass is 461 g/mol. The van der Waals surface area contributed by atoms with Crippen molar-refractivity contribution in [3.63, 3.8) is 0 Å². The second-order valence-corrected chi connectivity index (χ2v) is 8.11. The van der Waals surface area contributed by atoms with Crippen LogP contribution in [-0.4, -0.2) is 29.6 Å². The summed E-state index contributed by atoms with van der Waals surface area (Å²) < 4.78 is 0.986. The molecule has 2 aromatic carbocycles. The van der Waals surface area contributed by atoms with E-state index in [1.807, 2.05) is 24.3 Å². The van der Waals surface area contributed by atoms with E-state index < -0.39 is 0 Å². The second-order valence-electron chi connectivity index (χ2n) is 6.79. The summed E-state index contributed by atoms with van der Waals surface area (Å²) in [6.07, 6.45) is 1.91. The lowest BCUT2D eigenvalue weighted by Gasteiger charge is -2.28. The maximum absolute atomic E-state index is 12.1. The third-order valence-corrected chi connectivity index (χ3v) is 5.60. The summed E-state index contributed by atoms with van der Waals surface area (Å²) in [4.78, 5) is 19.3. The van der Waals surface area contributed by atoms with Crippen LogP contribution in [0.4, 0.5) is 11.6 Å². The number of H-pyrrole nitrogens is 1. The van der Waals surface area contributed by atoms with E-state index in [1.54, 1.807) is 6.07 Å². The number of aromatic nitrogens is 2. The molecule has 1 atom stereocenters. The Morgan fingerprint density at radius 2 is 2.11 bits per heavy atom. The van der Waals surface area contributed by atoms with Gasteiger partial charge in [0, 0.05) is 23.6 Å². The van der Waals surface area contributed by atoms with Crippen LogP contribution in [0.25, 0.3) is 10.9 Å². The van der Waals surface area contributed by atoms with Crippen molar-refractivity contribution in [1.82, 2.24) is 15.3 Å². The lowest BCUT2D eigenvalue weighted by molar-refractivity contribution is 0.497. The number of fused-ring (bicyclic) bond motifs is 2. The summed E-state index contributed by atoms with van der Waals surface area (Å²) in [7, 11) is 0. The number of rotatable bonds is 6. The predicted octanol–water partition coefficient (Wildman–Crippen LogP) is 4.29. The molecule has 0 saturated heterocycles. The number of halogens is 2. The summed E-state index contributed by atoms with van der Waals surface area (Å²) in [6, 6.07) is 11.6. The summed E-state index contributed by atoms with van der Waals surface area (Å²) >= 11 is 9.88. The molecule has 8 heteroatoms. The van der Waals surface area contributed by atoms with Gasteiger partial charge in [0.1, 0.15) is 0 Å². The summed E-state index contributed by atoms with van der Waals surface area (Å²) in [5.41, 5.74) is 2.78. The molecule has 3 aromatic rings. The van der Waals surface area contributed by atoms with Crippen LogP contribution < -0.4 is 21.5 Å². The van der Waals surface area contributed by atoms with Crippen molar-refractivity contribution in [2.45, 2.75) is 18.9 Å². The van der Waals surface area contributed by atoms with E-state index in [2.05, 4.69) is 47.9 Å². The molecule has 1 aliphatic heterocycles. The first-order valence-corrected chi connectivity index (χ1v) is 10.5. The van der Waals surface area contributed by atoms with Gasteiger partial charge in [0.25, 0.3) is 5.56 Å². The van der Waals surface area contributed by atoms with Crippen LogP contribution >= 0.6 is 27.5 Å². The van der Waals surface area contributed by atoms with Crippen molar-refractivity contribution >= 4 is 50.1 Å². The maximum atomic E-state index is 12.1. The van der Waals surface area contributed by atoms with Crippen LogP contribution in [0, 0.1) is 0 Å². The molecular weight excluding hydrogens is 442 g/mol. The minimum atomic E-state index is -0.125. The van der Waals surface area contributed by atoms with Gasteiger partial charge in [-0.05, 0) is 49.2 Å². The highest BCUT2D eigenvalue weighted by atomic mass is 79.9. The van der Waals surface area contributed by atoms with Crippen molar-refractivity contribution in [3.05, 3.63) is 61.8 Å². The highest BCUT2D eigenvalue weighted by Crippen LogP contribution is 2.37. The Morgan fingerprint density at radius 3 is 3.00 bits per heavy atom. The van der Waals surface area contributed by atoms with E-state index in [9.17, 15) is 4.79 Å². The minimum absolute atomic E-state index is 0.125. The second kappa shape index (κ2) is 8.51. The zero-order valence-corrected chi connectivity index (χ0v) is 17.5. The Labute approximate surface area is 176 Å². The zero-order valence-electron chi connectivity index (χ0n) is 15.2. The van der Waals surface area contributed by atoms with Crippen molar-refractivity contribution in [2.75, 3.05) is 30.3 Å². The first kappa shape index (κ1) is 19.2. The smallest absolute Gasteiger partial charge is 0.260 e. The Hall–Kier alpha value is -2.09. The molecule has 0 unspecified atom stereocenters. The standard InChI is InChI=1S/C20H21BrClN5O/c21-12-10-14-16(6-9-24-18(14)15(22)11-12)23-7-3-8-25-20-26-17-5-2-1-4-13(17)19(28)27-20/h1-2,4-5,10-11,16,23-24H,3,6-9H2,(H2,25,26,27,28)/t16-/m0/s1. The fourth-order valence-electron chi connectivity index (χ4n) is 3.51. The molecule has 1 aromatic heterocycles. The van der Waals surface area contributed by atoms with Gasteiger partial charge < -0.3 is 16.0 Å². The highest BCUT2D eigenvalue weighted by Gasteiger charge is 2.21. The number of benzene rings is 2. The third kappa shape index (κ3) is 4.16. The van der Waals surface area contributed by atoms with Gasteiger partial charge in [0.2, 0.25) is 5.95 Å². The van der Waals surface area contributed by atoms with Crippen molar-refractivity contribution in [1.29, 1.82) is 0 Å². The van der Waals surface area contributed by atoms with Crippen LogP contribution in [0.2, 0.25) is 5.02 Å². The number of para-hydroxylation sites is 1. The highest BCUT2D eigenvalue weighted by molar-refractivity contribution is 9.10. The largest absolute Gasteiger partial charge is 0.383 e. The molecule has 0 fully saturated rings. The van der Waals surface area contributed by atoms with Gasteiger partial charge >= 0.3 is 0 Å². The van der Waals surface area contributed by atoms with Crippen molar-refractivity contribution < 1.29 is 0 Å². The maximum Gasteiger partial charge on any atom is 0.260 e. The van der Waals surface area contributed by atoms with Crippen LogP contribution in [0.3, 0.4) is 0 Å². The fraction of sp³-hybridized carbons (Fsp3) is 0.300. The van der Waals surface area contributed by atoms with Crippen LogP contribution in [0.15, 0.2) is 45.7 Å². The number of nitrogens with one attached hydrogen (secondary N) is 4. The van der Waals surface area contributed by atoms with Crippen molar-refractivity contribution in [2.24, 2.45) is 0 Å². The van der Waals surface area contributed by atoms with E-state index >= 15 is 0 Å². The molecule has 4 rings (SSSR count). The summed E-state index contributed by atoms with van der Waals surface area (Å²) in [5, 5.41) is 11.5. The molecule has 0 aliphatic carbocycles. The van der Waals surface area contributed by atoms with E-state index in [0.29, 0.717) is 23.4 Å². The van der Waals surface area contributed by atoms with Crippen LogP contribution in [-0.2, 0) is 0 Å². The zero-order chi connectivity index (χ0) is 19.5. The van der Waals surface area contributed by atoms with Gasteiger partial charge in [-0.1, -0.05) is 39.7 Å². The van der Waals surface area contributed by atoms with Gasteiger partial charge in [-0.15, -0.1) is 0 Å². The first-order valence-electron chi connectivity index (χ1n) is 9.31. The van der Waals surface area contributed by atoms with E-state index in [1.165, 1.54) is 5.56 Å². The molecule has 4 N–H and O–H groups in total. The summed E-state index contributed by atoms with van der Waals surface area (Å²) in [6.45, 7) is 2.46. The average molecular weight is 463 g/mol. The van der Waals surface area contributed by atoms with Crippen molar-refractivity contribution in [3.8, 4) is 0 Å². The number of nitrogens with zero attached hydrogens (tertiary/aromatic N) is 1. The fourth-order valence-corrected chi connectivity index (χ4v) is 4.41. The van der Waals surface area contributed by atoms with E-state index in [-0.39, 0.29) is 11.6 Å². The van der Waals surface area contributed by atoms with Gasteiger partial charge in [-0.3, -0.25) is 9.78 Å². The molecule has 146 valence electrons. The predicted molar refractivity (Wildman–Crippen MR) is 118 cm³/mol. The number of aromatic amines is 1. The molecular formula is C20H21BrClN5O. The normalized spacial score (nSPS) is 15.9. The molecule has 0 radical (unpaired) electrons. The molecule has 0 spiro atoms. The Kier molecular flexibility index (Phi) is 5.85. The SMILES string of the molecule is O=c1[nH]c(NCCCN[C@H]2CCNc3c(Cl)cc(Br)cc32)nc2ccccc12. The van der Waals surface area contributed by atoms with Gasteiger partial charge in [-0.25, -0.2) is 4.98 Å². The topological polar surface area (TPSA) is 81.8 Å². The quantitative estimate of drug-likeness (QED) is 0.411. The molecule has 0 amide bonds. The molecule has 1 aliphatic rings. The van der Waals surface area contributed by atoms with Gasteiger partial charge in [0.15, 0.2) is 0 Å². The van der Waals surface area contributed by atoms with Crippen LogP contribution in [0.5, 0.6) is 0 Å².